The number of benzene rings is 2. The Kier molecular flexibility index (Phi) is 6.15. The van der Waals surface area contributed by atoms with Gasteiger partial charge >= 0.3 is 0 Å². The van der Waals surface area contributed by atoms with Crippen molar-refractivity contribution in [2.24, 2.45) is 5.10 Å². The SMILES string of the molecule is Cc1ccccc1-c1nnn(CC(=O)N/N=C\c2cc([N+](=O)[O-])c(Cl)cc2Cl)n1. The first kappa shape index (κ1) is 20.4. The van der Waals surface area contributed by atoms with E-state index in [1.807, 2.05) is 31.2 Å². The van der Waals surface area contributed by atoms with Gasteiger partial charge in [0.2, 0.25) is 5.82 Å². The fraction of sp³-hybridized carbons (Fsp3) is 0.118. The van der Waals surface area contributed by atoms with Crippen molar-refractivity contribution in [2.75, 3.05) is 0 Å². The smallest absolute Gasteiger partial charge is 0.271 e. The molecule has 10 nitrogen and oxygen atoms in total. The molecule has 0 unspecified atom stereocenters. The van der Waals surface area contributed by atoms with Gasteiger partial charge in [0.25, 0.3) is 11.6 Å². The van der Waals surface area contributed by atoms with Crippen LogP contribution in [0.5, 0.6) is 0 Å². The molecular weight excluding hydrogens is 421 g/mol. The number of hydrogen-bond donors (Lipinski definition) is 1. The molecule has 0 radical (unpaired) electrons. The summed E-state index contributed by atoms with van der Waals surface area (Å²) in [6.45, 7) is 1.70. The summed E-state index contributed by atoms with van der Waals surface area (Å²) in [5.74, 6) is -0.116. The number of carbonyl (C=O) groups is 1. The van der Waals surface area contributed by atoms with Crippen LogP contribution in [0.25, 0.3) is 11.4 Å². The van der Waals surface area contributed by atoms with Crippen LogP contribution in [-0.2, 0) is 11.3 Å². The molecule has 0 fully saturated rings. The average molecular weight is 434 g/mol. The average Bonchev–Trinajstić information content (AvgIpc) is 3.11. The lowest BCUT2D eigenvalue weighted by molar-refractivity contribution is -0.384. The number of rotatable bonds is 6. The zero-order valence-corrected chi connectivity index (χ0v) is 16.4. The Morgan fingerprint density at radius 3 is 2.79 bits per heavy atom. The number of nitro benzene ring substituents is 1. The van der Waals surface area contributed by atoms with E-state index in [2.05, 4.69) is 25.9 Å². The number of carbonyl (C=O) groups excluding carboxylic acids is 1. The molecule has 29 heavy (non-hydrogen) atoms. The van der Waals surface area contributed by atoms with Crippen LogP contribution in [0.2, 0.25) is 10.0 Å². The van der Waals surface area contributed by atoms with E-state index in [0.29, 0.717) is 5.82 Å². The molecule has 3 rings (SSSR count). The first-order valence-electron chi connectivity index (χ1n) is 8.14. The summed E-state index contributed by atoms with van der Waals surface area (Å²) in [5, 5.41) is 26.7. The zero-order valence-electron chi connectivity index (χ0n) is 14.9. The minimum absolute atomic E-state index is 0.0945. The Balaban J connectivity index is 1.64. The molecule has 3 aromatic rings. The van der Waals surface area contributed by atoms with Gasteiger partial charge in [0, 0.05) is 17.2 Å². The van der Waals surface area contributed by atoms with Crippen molar-refractivity contribution in [1.82, 2.24) is 25.6 Å². The number of aromatic nitrogens is 4. The van der Waals surface area contributed by atoms with Gasteiger partial charge < -0.3 is 0 Å². The molecule has 2 aromatic carbocycles. The van der Waals surface area contributed by atoms with E-state index in [9.17, 15) is 14.9 Å². The molecule has 148 valence electrons. The minimum atomic E-state index is -0.642. The van der Waals surface area contributed by atoms with Crippen molar-refractivity contribution in [3.63, 3.8) is 0 Å². The first-order valence-corrected chi connectivity index (χ1v) is 8.90. The number of hydrazone groups is 1. The lowest BCUT2D eigenvalue weighted by atomic mass is 10.1. The molecule has 0 atom stereocenters. The summed E-state index contributed by atoms with van der Waals surface area (Å²) in [4.78, 5) is 23.4. The van der Waals surface area contributed by atoms with E-state index in [1.165, 1.54) is 12.3 Å². The molecule has 1 amide bonds. The molecule has 0 spiro atoms. The van der Waals surface area contributed by atoms with E-state index in [-0.39, 0.29) is 27.8 Å². The van der Waals surface area contributed by atoms with Gasteiger partial charge in [-0.05, 0) is 23.8 Å². The molecule has 1 heterocycles. The number of nitrogens with one attached hydrogen (secondary N) is 1. The first-order chi connectivity index (χ1) is 13.8. The summed E-state index contributed by atoms with van der Waals surface area (Å²) in [5.41, 5.74) is 3.97. The highest BCUT2D eigenvalue weighted by atomic mass is 35.5. The molecular formula is C17H13Cl2N7O3. The molecule has 0 saturated heterocycles. The maximum absolute atomic E-state index is 12.0. The Bertz CT molecular complexity index is 1110. The lowest BCUT2D eigenvalue weighted by Crippen LogP contribution is -2.24. The monoisotopic (exact) mass is 433 g/mol. The van der Waals surface area contributed by atoms with E-state index < -0.39 is 10.8 Å². The second kappa shape index (κ2) is 8.76. The second-order valence-electron chi connectivity index (χ2n) is 5.83. The van der Waals surface area contributed by atoms with Crippen molar-refractivity contribution in [3.8, 4) is 11.4 Å². The van der Waals surface area contributed by atoms with Gasteiger partial charge in [0.15, 0.2) is 0 Å². The Morgan fingerprint density at radius 1 is 1.31 bits per heavy atom. The molecule has 0 saturated carbocycles. The highest BCUT2D eigenvalue weighted by molar-refractivity contribution is 6.37. The molecule has 0 aliphatic rings. The molecule has 1 aromatic heterocycles. The van der Waals surface area contributed by atoms with Gasteiger partial charge in [-0.3, -0.25) is 14.9 Å². The van der Waals surface area contributed by atoms with Crippen LogP contribution in [0.4, 0.5) is 5.69 Å². The number of amides is 1. The molecule has 0 bridgehead atoms. The Labute approximate surface area is 174 Å². The minimum Gasteiger partial charge on any atom is -0.271 e. The number of halogens is 2. The van der Waals surface area contributed by atoms with Crippen molar-refractivity contribution in [3.05, 3.63) is 67.7 Å². The van der Waals surface area contributed by atoms with Crippen LogP contribution in [0.15, 0.2) is 41.5 Å². The third-order valence-corrected chi connectivity index (χ3v) is 4.41. The van der Waals surface area contributed by atoms with Crippen LogP contribution < -0.4 is 5.43 Å². The number of hydrogen-bond acceptors (Lipinski definition) is 7. The summed E-state index contributed by atoms with van der Waals surface area (Å²) >= 11 is 11.7. The van der Waals surface area contributed by atoms with Gasteiger partial charge in [-0.15, -0.1) is 10.2 Å². The van der Waals surface area contributed by atoms with Gasteiger partial charge in [-0.1, -0.05) is 47.5 Å². The van der Waals surface area contributed by atoms with Gasteiger partial charge in [0.05, 0.1) is 16.2 Å². The van der Waals surface area contributed by atoms with Gasteiger partial charge in [-0.2, -0.15) is 9.90 Å². The van der Waals surface area contributed by atoms with Crippen molar-refractivity contribution in [1.29, 1.82) is 0 Å². The number of nitro groups is 1. The zero-order chi connectivity index (χ0) is 21.0. The summed E-state index contributed by atoms with van der Waals surface area (Å²) in [7, 11) is 0. The van der Waals surface area contributed by atoms with Crippen molar-refractivity contribution >= 4 is 41.0 Å². The highest BCUT2D eigenvalue weighted by Crippen LogP contribution is 2.29. The third kappa shape index (κ3) is 4.92. The van der Waals surface area contributed by atoms with Crippen LogP contribution in [0.1, 0.15) is 11.1 Å². The van der Waals surface area contributed by atoms with E-state index in [4.69, 9.17) is 23.2 Å². The number of aryl methyl sites for hydroxylation is 1. The quantitative estimate of drug-likeness (QED) is 0.361. The predicted octanol–water partition coefficient (Wildman–Crippen LogP) is 3.01. The maximum atomic E-state index is 12.0. The second-order valence-corrected chi connectivity index (χ2v) is 6.65. The van der Waals surface area contributed by atoms with Gasteiger partial charge in [0.1, 0.15) is 11.6 Å². The topological polar surface area (TPSA) is 128 Å². The number of nitrogens with zero attached hydrogens (tertiary/aromatic N) is 6. The van der Waals surface area contributed by atoms with E-state index in [0.717, 1.165) is 22.0 Å². The fourth-order valence-corrected chi connectivity index (χ4v) is 2.87. The largest absolute Gasteiger partial charge is 0.288 e. The summed E-state index contributed by atoms with van der Waals surface area (Å²) in [6.07, 6.45) is 1.18. The molecule has 0 aliphatic heterocycles. The van der Waals surface area contributed by atoms with Crippen LogP contribution in [-0.4, -0.2) is 37.3 Å². The van der Waals surface area contributed by atoms with Crippen LogP contribution in [0.3, 0.4) is 0 Å². The number of tetrazole rings is 1. The standard InChI is InChI=1S/C17H13Cl2N7O3/c1-10-4-2-3-5-12(10)17-22-24-25(23-17)9-16(27)21-20-8-11-6-15(26(28)29)14(19)7-13(11)18/h2-8H,9H2,1H3,(H,21,27)/b20-8-. The van der Waals surface area contributed by atoms with Crippen LogP contribution >= 0.6 is 23.2 Å². The third-order valence-electron chi connectivity index (χ3n) is 3.78. The highest BCUT2D eigenvalue weighted by Gasteiger charge is 2.15. The fourth-order valence-electron chi connectivity index (χ4n) is 2.37. The van der Waals surface area contributed by atoms with Gasteiger partial charge in [-0.25, -0.2) is 5.43 Å². The van der Waals surface area contributed by atoms with E-state index >= 15 is 0 Å². The molecule has 1 N–H and O–H groups in total. The van der Waals surface area contributed by atoms with Crippen LogP contribution in [0, 0.1) is 17.0 Å². The Morgan fingerprint density at radius 2 is 2.07 bits per heavy atom. The Hall–Kier alpha value is -3.37. The van der Waals surface area contributed by atoms with E-state index in [1.54, 1.807) is 0 Å². The maximum Gasteiger partial charge on any atom is 0.288 e. The lowest BCUT2D eigenvalue weighted by Gasteiger charge is -2.01. The predicted molar refractivity (Wildman–Crippen MR) is 107 cm³/mol. The van der Waals surface area contributed by atoms with Crippen molar-refractivity contribution in [2.45, 2.75) is 13.5 Å². The van der Waals surface area contributed by atoms with Crippen molar-refractivity contribution < 1.29 is 9.72 Å². The molecule has 0 aliphatic carbocycles. The molecule has 12 heteroatoms. The normalized spacial score (nSPS) is 11.0. The summed E-state index contributed by atoms with van der Waals surface area (Å²) in [6, 6.07) is 9.93. The summed E-state index contributed by atoms with van der Waals surface area (Å²) < 4.78 is 0.